The maximum atomic E-state index is 5.73. The van der Waals surface area contributed by atoms with Gasteiger partial charge < -0.3 is 0 Å². The molecule has 0 aromatic carbocycles. The van der Waals surface area contributed by atoms with E-state index in [1.54, 1.807) is 0 Å². The number of hydrogen-bond donors (Lipinski definition) is 0. The van der Waals surface area contributed by atoms with Gasteiger partial charge in [0.2, 0.25) is 0 Å². The van der Waals surface area contributed by atoms with Crippen LogP contribution < -0.4 is 0 Å². The molecule has 47 valence electrons. The molecule has 1 radical (unpaired) electrons. The first-order chi connectivity index (χ1) is 4.22. The molecular weight excluding hydrogens is 136 g/mol. The fourth-order valence-corrected chi connectivity index (χ4v) is 0.619. The van der Waals surface area contributed by atoms with Crippen molar-refractivity contribution in [2.24, 2.45) is 0 Å². The summed E-state index contributed by atoms with van der Waals surface area (Å²) >= 11 is 5.73. The highest BCUT2D eigenvalue weighted by atomic mass is 35.5. The first-order valence-corrected chi connectivity index (χ1v) is 2.96. The van der Waals surface area contributed by atoms with Crippen molar-refractivity contribution in [2.45, 2.75) is 13.8 Å². The predicted octanol–water partition coefficient (Wildman–Crippen LogP) is 1.55. The van der Waals surface area contributed by atoms with E-state index in [4.69, 9.17) is 11.6 Å². The molecule has 1 rings (SSSR count). The van der Waals surface area contributed by atoms with E-state index in [2.05, 4.69) is 16.3 Å². The number of nitrogens with zero attached hydrogens (tertiary/aromatic N) is 2. The van der Waals surface area contributed by atoms with E-state index >= 15 is 0 Å². The SMILES string of the molecule is Cc1n[c]nc(C)c1Cl. The van der Waals surface area contributed by atoms with Crippen molar-refractivity contribution in [1.82, 2.24) is 9.97 Å². The second-order valence-electron chi connectivity index (χ2n) is 1.81. The number of aromatic nitrogens is 2. The van der Waals surface area contributed by atoms with Crippen molar-refractivity contribution < 1.29 is 0 Å². The third kappa shape index (κ3) is 1.19. The van der Waals surface area contributed by atoms with Gasteiger partial charge in [0, 0.05) is 0 Å². The lowest BCUT2D eigenvalue weighted by Gasteiger charge is -1.95. The summed E-state index contributed by atoms with van der Waals surface area (Å²) in [5.41, 5.74) is 1.56. The molecule has 0 aliphatic carbocycles. The summed E-state index contributed by atoms with van der Waals surface area (Å²) in [7, 11) is 0. The van der Waals surface area contributed by atoms with Crippen molar-refractivity contribution in [3.63, 3.8) is 0 Å². The van der Waals surface area contributed by atoms with E-state index in [-0.39, 0.29) is 0 Å². The molecule has 0 aliphatic rings. The smallest absolute Gasteiger partial charge is 0.198 e. The van der Waals surface area contributed by atoms with Gasteiger partial charge in [-0.3, -0.25) is 0 Å². The average molecular weight is 142 g/mol. The Kier molecular flexibility index (Phi) is 1.67. The van der Waals surface area contributed by atoms with Crippen molar-refractivity contribution in [2.75, 3.05) is 0 Å². The number of aryl methyl sites for hydroxylation is 2. The third-order valence-corrected chi connectivity index (χ3v) is 1.62. The van der Waals surface area contributed by atoms with Crippen LogP contribution in [0.3, 0.4) is 0 Å². The molecule has 0 amide bonds. The van der Waals surface area contributed by atoms with E-state index in [0.717, 1.165) is 11.4 Å². The molecule has 1 heterocycles. The summed E-state index contributed by atoms with van der Waals surface area (Å²) in [6, 6.07) is 0. The molecule has 0 saturated carbocycles. The maximum Gasteiger partial charge on any atom is 0.198 e. The molecule has 2 nitrogen and oxygen atoms in total. The summed E-state index contributed by atoms with van der Waals surface area (Å²) < 4.78 is 0. The molecular formula is C6H6ClN2. The highest BCUT2D eigenvalue weighted by molar-refractivity contribution is 6.31. The van der Waals surface area contributed by atoms with Crippen LogP contribution in [0.4, 0.5) is 0 Å². The van der Waals surface area contributed by atoms with Crippen LogP contribution in [-0.4, -0.2) is 9.97 Å². The van der Waals surface area contributed by atoms with E-state index < -0.39 is 0 Å². The molecule has 0 saturated heterocycles. The molecule has 3 heteroatoms. The zero-order valence-corrected chi connectivity index (χ0v) is 6.03. The predicted molar refractivity (Wildman–Crippen MR) is 35.4 cm³/mol. The second-order valence-corrected chi connectivity index (χ2v) is 2.19. The molecule has 0 atom stereocenters. The molecule has 0 unspecified atom stereocenters. The van der Waals surface area contributed by atoms with Gasteiger partial charge >= 0.3 is 0 Å². The topological polar surface area (TPSA) is 25.8 Å². The van der Waals surface area contributed by atoms with Crippen LogP contribution >= 0.6 is 11.6 Å². The van der Waals surface area contributed by atoms with Crippen LogP contribution in [0, 0.1) is 20.2 Å². The van der Waals surface area contributed by atoms with Crippen molar-refractivity contribution in [1.29, 1.82) is 0 Å². The standard InChI is InChI=1S/C6H6ClN2/c1-4-6(7)5(2)9-3-8-4/h1-2H3. The van der Waals surface area contributed by atoms with E-state index in [1.165, 1.54) is 0 Å². The zero-order valence-electron chi connectivity index (χ0n) is 5.27. The lowest BCUT2D eigenvalue weighted by molar-refractivity contribution is 1.04. The van der Waals surface area contributed by atoms with Crippen LogP contribution in [0.5, 0.6) is 0 Å². The molecule has 1 aromatic rings. The fraction of sp³-hybridized carbons (Fsp3) is 0.333. The molecule has 0 N–H and O–H groups in total. The lowest BCUT2D eigenvalue weighted by atomic mass is 10.4. The Labute approximate surface area is 58.9 Å². The highest BCUT2D eigenvalue weighted by Gasteiger charge is 1.98. The van der Waals surface area contributed by atoms with E-state index in [0.29, 0.717) is 5.02 Å². The maximum absolute atomic E-state index is 5.73. The van der Waals surface area contributed by atoms with Crippen LogP contribution in [0.15, 0.2) is 0 Å². The largest absolute Gasteiger partial charge is 0.229 e. The minimum atomic E-state index is 0.633. The summed E-state index contributed by atoms with van der Waals surface area (Å²) in [4.78, 5) is 7.54. The van der Waals surface area contributed by atoms with Gasteiger partial charge in [-0.05, 0) is 13.8 Å². The summed E-state index contributed by atoms with van der Waals surface area (Å²) in [6.07, 6.45) is 2.49. The monoisotopic (exact) mass is 141 g/mol. The minimum absolute atomic E-state index is 0.633. The third-order valence-electron chi connectivity index (χ3n) is 1.07. The highest BCUT2D eigenvalue weighted by Crippen LogP contribution is 2.13. The van der Waals surface area contributed by atoms with Crippen LogP contribution in [0.25, 0.3) is 0 Å². The lowest BCUT2D eigenvalue weighted by Crippen LogP contribution is -1.89. The quantitative estimate of drug-likeness (QED) is 0.548. The Balaban J connectivity index is 3.25. The van der Waals surface area contributed by atoms with Gasteiger partial charge in [0.05, 0.1) is 16.4 Å². The van der Waals surface area contributed by atoms with E-state index in [9.17, 15) is 0 Å². The Morgan fingerprint density at radius 2 is 1.67 bits per heavy atom. The number of rotatable bonds is 0. The van der Waals surface area contributed by atoms with Gasteiger partial charge in [-0.25, -0.2) is 9.97 Å². The molecule has 0 bridgehead atoms. The average Bonchev–Trinajstić information content (AvgIpc) is 1.83. The van der Waals surface area contributed by atoms with Gasteiger partial charge in [0.25, 0.3) is 0 Å². The molecule has 0 spiro atoms. The second kappa shape index (κ2) is 2.31. The van der Waals surface area contributed by atoms with Crippen molar-refractivity contribution in [3.05, 3.63) is 22.7 Å². The summed E-state index contributed by atoms with van der Waals surface area (Å²) in [5, 5.41) is 0.633. The van der Waals surface area contributed by atoms with Gasteiger partial charge in [0.15, 0.2) is 6.33 Å². The van der Waals surface area contributed by atoms with Crippen LogP contribution in [0.1, 0.15) is 11.4 Å². The molecule has 9 heavy (non-hydrogen) atoms. The van der Waals surface area contributed by atoms with E-state index in [1.807, 2.05) is 13.8 Å². The molecule has 0 aliphatic heterocycles. The van der Waals surface area contributed by atoms with Crippen LogP contribution in [0.2, 0.25) is 5.02 Å². The Bertz CT molecular complexity index is 202. The first-order valence-electron chi connectivity index (χ1n) is 2.58. The Morgan fingerprint density at radius 3 is 2.00 bits per heavy atom. The van der Waals surface area contributed by atoms with Gasteiger partial charge in [-0.1, -0.05) is 11.6 Å². The fourth-order valence-electron chi connectivity index (χ4n) is 0.535. The molecule has 1 aromatic heterocycles. The van der Waals surface area contributed by atoms with Gasteiger partial charge in [-0.2, -0.15) is 0 Å². The number of hydrogen-bond acceptors (Lipinski definition) is 2. The summed E-state index contributed by atoms with van der Waals surface area (Å²) in [6.45, 7) is 3.65. The number of halogens is 1. The normalized spacial score (nSPS) is 9.67. The van der Waals surface area contributed by atoms with Gasteiger partial charge in [0.1, 0.15) is 0 Å². The zero-order chi connectivity index (χ0) is 6.85. The van der Waals surface area contributed by atoms with Gasteiger partial charge in [-0.15, -0.1) is 0 Å². The minimum Gasteiger partial charge on any atom is -0.229 e. The summed E-state index contributed by atoms with van der Waals surface area (Å²) in [5.74, 6) is 0. The van der Waals surface area contributed by atoms with Crippen molar-refractivity contribution in [3.8, 4) is 0 Å². The first kappa shape index (κ1) is 6.49. The molecule has 0 fully saturated rings. The van der Waals surface area contributed by atoms with Crippen LogP contribution in [-0.2, 0) is 0 Å². The Hall–Kier alpha value is -0.630. The van der Waals surface area contributed by atoms with Crippen molar-refractivity contribution >= 4 is 11.6 Å². The Morgan fingerprint density at radius 1 is 1.22 bits per heavy atom.